The van der Waals surface area contributed by atoms with E-state index in [1.165, 1.54) is 37.0 Å². The van der Waals surface area contributed by atoms with E-state index in [4.69, 9.17) is 0 Å². The fraction of sp³-hybridized carbons (Fsp3) is 1.00. The van der Waals surface area contributed by atoms with Crippen LogP contribution in [0, 0.1) is 0 Å². The summed E-state index contributed by atoms with van der Waals surface area (Å²) in [5.41, 5.74) is 0. The van der Waals surface area contributed by atoms with Crippen molar-refractivity contribution in [3.05, 3.63) is 5.32 Å². The van der Waals surface area contributed by atoms with E-state index in [1.807, 2.05) is 0 Å². The van der Waals surface area contributed by atoms with E-state index in [0.29, 0.717) is 5.32 Å². The molecule has 0 amide bonds. The van der Waals surface area contributed by atoms with Crippen LogP contribution in [0.3, 0.4) is 0 Å². The van der Waals surface area contributed by atoms with Crippen molar-refractivity contribution in [3.8, 4) is 0 Å². The molecule has 2 nitrogen and oxygen atoms in total. The van der Waals surface area contributed by atoms with Gasteiger partial charge in [-0.25, -0.2) is 0 Å². The van der Waals surface area contributed by atoms with Crippen LogP contribution in [0.15, 0.2) is 0 Å². The highest BCUT2D eigenvalue weighted by Gasteiger charge is 2.27. The number of halogens is 6. The van der Waals surface area contributed by atoms with E-state index >= 15 is 0 Å². The first-order chi connectivity index (χ1) is 7.47. The molecule has 0 bridgehead atoms. The molecule has 1 aliphatic rings. The van der Waals surface area contributed by atoms with E-state index in [9.17, 15) is 26.3 Å². The molecule has 0 aromatic rings. The summed E-state index contributed by atoms with van der Waals surface area (Å²) in [6.45, 7) is 6.43. The Morgan fingerprint density at radius 1 is 0.941 bits per heavy atom. The second-order valence-electron chi connectivity index (χ2n) is 4.14. The monoisotopic (exact) mass is 266 g/mol. The smallest absolute Gasteiger partial charge is 0.318 e. The Labute approximate surface area is 96.2 Å². The molecule has 0 saturated carbocycles. The molecule has 1 rings (SSSR count). The first-order valence-electron chi connectivity index (χ1n) is 5.18. The van der Waals surface area contributed by atoms with Crippen LogP contribution < -0.4 is 0 Å². The zero-order chi connectivity index (χ0) is 13.7. The molecule has 8 heteroatoms. The lowest BCUT2D eigenvalue weighted by Gasteiger charge is -2.26. The van der Waals surface area contributed by atoms with Crippen LogP contribution in [-0.2, 0) is 0 Å². The van der Waals surface area contributed by atoms with E-state index < -0.39 is 12.6 Å². The van der Waals surface area contributed by atoms with Gasteiger partial charge in [0.05, 0.1) is 26.7 Å². The Balaban J connectivity index is 0.000000302. The van der Waals surface area contributed by atoms with Crippen LogP contribution in [0.4, 0.5) is 26.3 Å². The molecule has 0 aromatic heterocycles. The maximum absolute atomic E-state index is 10.7. The Bertz CT molecular complexity index is 205. The third-order valence-electron chi connectivity index (χ3n) is 2.66. The van der Waals surface area contributed by atoms with Gasteiger partial charge >= 0.3 is 12.6 Å². The predicted octanol–water partition coefficient (Wildman–Crippen LogP) is 3.65. The molecule has 1 heterocycles. The molecular formula is C9H16F6N2. The van der Waals surface area contributed by atoms with Crippen molar-refractivity contribution in [1.29, 1.82) is 0 Å². The lowest BCUT2D eigenvalue weighted by molar-refractivity contribution is -0.895. The van der Waals surface area contributed by atoms with Crippen LogP contribution in [0.5, 0.6) is 0 Å². The summed E-state index contributed by atoms with van der Waals surface area (Å²) in [6.07, 6.45) is -8.13. The van der Waals surface area contributed by atoms with Crippen LogP contribution in [0.2, 0.25) is 0 Å². The Morgan fingerprint density at radius 2 is 1.29 bits per heavy atom. The fourth-order valence-electron chi connectivity index (χ4n) is 1.56. The van der Waals surface area contributed by atoms with Crippen molar-refractivity contribution >= 4 is 0 Å². The maximum atomic E-state index is 10.7. The normalized spacial score (nSPS) is 19.8. The lowest BCUT2D eigenvalue weighted by atomic mass is 10.4. The number of hydrogen-bond donors (Lipinski definition) is 0. The molecule has 0 radical (unpaired) electrons. The summed E-state index contributed by atoms with van der Waals surface area (Å²) in [5.74, 6) is 0. The number of nitrogens with zero attached hydrogens (tertiary/aromatic N) is 2. The zero-order valence-electron chi connectivity index (χ0n) is 9.70. The number of likely N-dealkylation sites (tertiary alicyclic amines) is 1. The van der Waals surface area contributed by atoms with Gasteiger partial charge in [-0.05, 0) is 6.92 Å². The first kappa shape index (κ1) is 16.5. The Morgan fingerprint density at radius 3 is 1.41 bits per heavy atom. The van der Waals surface area contributed by atoms with Crippen molar-refractivity contribution in [3.63, 3.8) is 0 Å². The number of quaternary nitrogens is 1. The minimum absolute atomic E-state index is 0.542. The number of rotatable bonds is 1. The summed E-state index contributed by atoms with van der Waals surface area (Å²) >= 11 is 0. The molecular weight excluding hydrogens is 250 g/mol. The van der Waals surface area contributed by atoms with Crippen LogP contribution in [-0.4, -0.2) is 43.8 Å². The van der Waals surface area contributed by atoms with Gasteiger partial charge in [-0.1, -0.05) is 0 Å². The van der Waals surface area contributed by atoms with E-state index in [-0.39, 0.29) is 0 Å². The van der Waals surface area contributed by atoms with Gasteiger partial charge in [-0.15, -0.1) is 0 Å². The zero-order valence-corrected chi connectivity index (χ0v) is 9.70. The topological polar surface area (TPSA) is 14.1 Å². The summed E-state index contributed by atoms with van der Waals surface area (Å²) in [7, 11) is 2.35. The van der Waals surface area contributed by atoms with Gasteiger partial charge in [0.1, 0.15) is 0 Å². The summed E-state index contributed by atoms with van der Waals surface area (Å²) < 4.78 is 65.3. The standard InChI is InChI=1S/C7H16N.C2F6N/c1-3-8(2)6-4-5-7-8;3-1(4,5)9-2(6,7)8/h3-7H2,1-2H3;/q+1;-1. The van der Waals surface area contributed by atoms with E-state index in [1.54, 1.807) is 0 Å². The molecule has 104 valence electrons. The van der Waals surface area contributed by atoms with E-state index in [2.05, 4.69) is 14.0 Å². The highest BCUT2D eigenvalue weighted by Crippen LogP contribution is 2.34. The molecule has 0 aliphatic carbocycles. The molecule has 0 N–H and O–H groups in total. The quantitative estimate of drug-likeness (QED) is 0.391. The van der Waals surface area contributed by atoms with Crippen molar-refractivity contribution < 1.29 is 30.8 Å². The largest absolute Gasteiger partial charge is 0.478 e. The Hall–Kier alpha value is -0.500. The van der Waals surface area contributed by atoms with Crippen LogP contribution in [0.25, 0.3) is 5.32 Å². The SMILES string of the molecule is CC[N+]1(C)CCCC1.FC(F)(F)[N-]C(F)(F)F. The highest BCUT2D eigenvalue weighted by atomic mass is 19.4. The number of alkyl halides is 6. The third-order valence-corrected chi connectivity index (χ3v) is 2.66. The molecule has 1 fully saturated rings. The molecule has 1 saturated heterocycles. The summed E-state index contributed by atoms with van der Waals surface area (Å²) in [4.78, 5) is 0. The lowest BCUT2D eigenvalue weighted by Crippen LogP contribution is -2.40. The third kappa shape index (κ3) is 9.22. The van der Waals surface area contributed by atoms with Gasteiger partial charge in [0.25, 0.3) is 0 Å². The maximum Gasteiger partial charge on any atom is 0.318 e. The Kier molecular flexibility index (Phi) is 5.73. The minimum atomic E-state index is -5.52. The molecule has 0 aromatic carbocycles. The van der Waals surface area contributed by atoms with Gasteiger partial charge in [0.2, 0.25) is 0 Å². The second-order valence-corrected chi connectivity index (χ2v) is 4.14. The fourth-order valence-corrected chi connectivity index (χ4v) is 1.56. The first-order valence-corrected chi connectivity index (χ1v) is 5.18. The van der Waals surface area contributed by atoms with Crippen molar-refractivity contribution in [2.45, 2.75) is 32.4 Å². The average molecular weight is 266 g/mol. The van der Waals surface area contributed by atoms with Crippen LogP contribution >= 0.6 is 0 Å². The molecule has 17 heavy (non-hydrogen) atoms. The van der Waals surface area contributed by atoms with Gasteiger partial charge < -0.3 is 9.80 Å². The van der Waals surface area contributed by atoms with Crippen LogP contribution in [0.1, 0.15) is 19.8 Å². The van der Waals surface area contributed by atoms with Gasteiger partial charge in [0, 0.05) is 12.8 Å². The van der Waals surface area contributed by atoms with Gasteiger partial charge in [-0.2, -0.15) is 26.3 Å². The van der Waals surface area contributed by atoms with Crippen molar-refractivity contribution in [2.75, 3.05) is 26.7 Å². The minimum Gasteiger partial charge on any atom is -0.478 e. The summed E-state index contributed by atoms with van der Waals surface area (Å²) in [5, 5.41) is 0.542. The van der Waals surface area contributed by atoms with Gasteiger partial charge in [-0.3, -0.25) is 0 Å². The molecule has 0 unspecified atom stereocenters. The summed E-state index contributed by atoms with van der Waals surface area (Å²) in [6, 6.07) is 0. The number of hydrogen-bond acceptors (Lipinski definition) is 0. The van der Waals surface area contributed by atoms with Gasteiger partial charge in [0.15, 0.2) is 0 Å². The molecule has 0 spiro atoms. The molecule has 1 aliphatic heterocycles. The van der Waals surface area contributed by atoms with Crippen molar-refractivity contribution in [1.82, 2.24) is 0 Å². The average Bonchev–Trinajstić information content (AvgIpc) is 2.47. The predicted molar refractivity (Wildman–Crippen MR) is 51.2 cm³/mol. The highest BCUT2D eigenvalue weighted by molar-refractivity contribution is 4.86. The second kappa shape index (κ2) is 5.90. The van der Waals surface area contributed by atoms with Crippen molar-refractivity contribution in [2.24, 2.45) is 0 Å². The van der Waals surface area contributed by atoms with E-state index in [0.717, 1.165) is 0 Å². The molecule has 0 atom stereocenters.